The second kappa shape index (κ2) is 6.26. The van der Waals surface area contributed by atoms with E-state index < -0.39 is 28.3 Å². The van der Waals surface area contributed by atoms with Crippen LogP contribution in [0.4, 0.5) is 4.79 Å². The highest BCUT2D eigenvalue weighted by Gasteiger charge is 2.46. The molecule has 1 fully saturated rings. The number of sulfonamides is 1. The monoisotopic (exact) mass is 326 g/mol. The van der Waals surface area contributed by atoms with E-state index in [4.69, 9.17) is 4.74 Å². The fourth-order valence-corrected chi connectivity index (χ4v) is 4.12. The summed E-state index contributed by atoms with van der Waals surface area (Å²) in [5.74, 6) is 0.228. The van der Waals surface area contributed by atoms with Crippen LogP contribution in [0.1, 0.15) is 25.8 Å². The van der Waals surface area contributed by atoms with Crippen LogP contribution in [0.3, 0.4) is 0 Å². The lowest BCUT2D eigenvalue weighted by atomic mass is 10.0. The summed E-state index contributed by atoms with van der Waals surface area (Å²) >= 11 is 0. The SMILES string of the molecule is CO[C@@H]1NC(=O)N(S(=O)(=O)c2ccc(C)cc2)[C@H]1CC(C)C. The molecule has 7 heteroatoms. The van der Waals surface area contributed by atoms with Gasteiger partial charge in [-0.3, -0.25) is 0 Å². The lowest BCUT2D eigenvalue weighted by Crippen LogP contribution is -2.42. The van der Waals surface area contributed by atoms with Crippen LogP contribution in [0, 0.1) is 12.8 Å². The highest BCUT2D eigenvalue weighted by molar-refractivity contribution is 7.89. The summed E-state index contributed by atoms with van der Waals surface area (Å²) in [5.41, 5.74) is 0.957. The first-order valence-corrected chi connectivity index (χ1v) is 8.65. The molecular formula is C15H22N2O4S. The smallest absolute Gasteiger partial charge is 0.333 e. The van der Waals surface area contributed by atoms with E-state index in [1.807, 2.05) is 20.8 Å². The summed E-state index contributed by atoms with van der Waals surface area (Å²) < 4.78 is 31.8. The summed E-state index contributed by atoms with van der Waals surface area (Å²) in [6.07, 6.45) is -0.0994. The molecule has 2 amide bonds. The Hall–Kier alpha value is -1.60. The van der Waals surface area contributed by atoms with Gasteiger partial charge in [0.2, 0.25) is 0 Å². The average molecular weight is 326 g/mol. The van der Waals surface area contributed by atoms with Gasteiger partial charge < -0.3 is 10.1 Å². The standard InChI is InChI=1S/C15H22N2O4S/c1-10(2)9-13-14(21-4)16-15(18)17(13)22(19,20)12-7-5-11(3)6-8-12/h5-8,10,13-14H,9H2,1-4H3,(H,16,18)/t13-,14-/m0/s1. The maximum Gasteiger partial charge on any atom is 0.333 e. The second-order valence-corrected chi connectivity index (χ2v) is 7.73. The van der Waals surface area contributed by atoms with Crippen LogP contribution in [0.15, 0.2) is 29.2 Å². The van der Waals surface area contributed by atoms with Gasteiger partial charge in [-0.1, -0.05) is 31.5 Å². The quantitative estimate of drug-likeness (QED) is 0.899. The molecule has 22 heavy (non-hydrogen) atoms. The van der Waals surface area contributed by atoms with E-state index in [2.05, 4.69) is 5.32 Å². The van der Waals surface area contributed by atoms with Gasteiger partial charge in [-0.25, -0.2) is 17.5 Å². The van der Waals surface area contributed by atoms with Crippen molar-refractivity contribution in [1.82, 2.24) is 9.62 Å². The molecule has 6 nitrogen and oxygen atoms in total. The third-order valence-electron chi connectivity index (χ3n) is 3.66. The van der Waals surface area contributed by atoms with Crippen molar-refractivity contribution >= 4 is 16.1 Å². The minimum atomic E-state index is -3.90. The van der Waals surface area contributed by atoms with Gasteiger partial charge in [0.25, 0.3) is 10.0 Å². The van der Waals surface area contributed by atoms with Crippen molar-refractivity contribution in [2.45, 2.75) is 44.4 Å². The maximum absolute atomic E-state index is 12.8. The molecule has 122 valence electrons. The first kappa shape index (κ1) is 16.8. The Bertz CT molecular complexity index is 640. The molecule has 2 atom stereocenters. The van der Waals surface area contributed by atoms with Crippen molar-refractivity contribution < 1.29 is 17.9 Å². The minimum Gasteiger partial charge on any atom is -0.359 e. The Morgan fingerprint density at radius 3 is 2.36 bits per heavy atom. The number of urea groups is 1. The van der Waals surface area contributed by atoms with Crippen LogP contribution >= 0.6 is 0 Å². The van der Waals surface area contributed by atoms with E-state index in [1.54, 1.807) is 12.1 Å². The topological polar surface area (TPSA) is 75.7 Å². The lowest BCUT2D eigenvalue weighted by molar-refractivity contribution is 0.0597. The Labute approximate surface area is 131 Å². The van der Waals surface area contributed by atoms with Crippen molar-refractivity contribution in [2.75, 3.05) is 7.11 Å². The predicted octanol–water partition coefficient (Wildman–Crippen LogP) is 2.10. The van der Waals surface area contributed by atoms with Crippen molar-refractivity contribution in [1.29, 1.82) is 0 Å². The molecule has 0 unspecified atom stereocenters. The van der Waals surface area contributed by atoms with Crippen LogP contribution in [0.2, 0.25) is 0 Å². The van der Waals surface area contributed by atoms with Gasteiger partial charge in [0.15, 0.2) is 6.23 Å². The van der Waals surface area contributed by atoms with Crippen LogP contribution in [-0.4, -0.2) is 38.1 Å². The molecule has 1 N–H and O–H groups in total. The van der Waals surface area contributed by atoms with Crippen molar-refractivity contribution in [3.05, 3.63) is 29.8 Å². The van der Waals surface area contributed by atoms with Crippen LogP contribution in [-0.2, 0) is 14.8 Å². The Morgan fingerprint density at radius 2 is 1.86 bits per heavy atom. The number of ether oxygens (including phenoxy) is 1. The zero-order valence-corrected chi connectivity index (χ0v) is 14.1. The van der Waals surface area contributed by atoms with Gasteiger partial charge >= 0.3 is 6.03 Å². The number of nitrogens with zero attached hydrogens (tertiary/aromatic N) is 1. The first-order valence-electron chi connectivity index (χ1n) is 7.21. The number of amides is 2. The molecule has 2 rings (SSSR count). The number of carbonyl (C=O) groups is 1. The Kier molecular flexibility index (Phi) is 4.77. The number of hydrogen-bond acceptors (Lipinski definition) is 4. The zero-order chi connectivity index (χ0) is 16.5. The number of aryl methyl sites for hydroxylation is 1. The number of rotatable bonds is 5. The molecule has 0 bridgehead atoms. The number of benzene rings is 1. The fourth-order valence-electron chi connectivity index (χ4n) is 2.58. The van der Waals surface area contributed by atoms with Crippen molar-refractivity contribution in [2.24, 2.45) is 5.92 Å². The third kappa shape index (κ3) is 3.10. The predicted molar refractivity (Wildman–Crippen MR) is 82.8 cm³/mol. The number of nitrogens with one attached hydrogen (secondary N) is 1. The highest BCUT2D eigenvalue weighted by Crippen LogP contribution is 2.28. The molecule has 0 aromatic heterocycles. The molecule has 0 aliphatic carbocycles. The molecule has 1 aliphatic rings. The second-order valence-electron chi connectivity index (χ2n) is 5.92. The van der Waals surface area contributed by atoms with Crippen LogP contribution in [0.25, 0.3) is 0 Å². The lowest BCUT2D eigenvalue weighted by Gasteiger charge is -2.26. The average Bonchev–Trinajstić information content (AvgIpc) is 2.75. The number of carbonyl (C=O) groups excluding carboxylic acids is 1. The molecular weight excluding hydrogens is 304 g/mol. The van der Waals surface area contributed by atoms with Gasteiger partial charge in [0, 0.05) is 7.11 Å². The summed E-state index contributed by atoms with van der Waals surface area (Å²) in [4.78, 5) is 12.3. The van der Waals surface area contributed by atoms with E-state index in [1.165, 1.54) is 19.2 Å². The Morgan fingerprint density at radius 1 is 1.27 bits per heavy atom. The maximum atomic E-state index is 12.8. The summed E-state index contributed by atoms with van der Waals surface area (Å²) in [6.45, 7) is 5.83. The van der Waals surface area contributed by atoms with Crippen molar-refractivity contribution in [3.63, 3.8) is 0 Å². The van der Waals surface area contributed by atoms with Gasteiger partial charge in [0.1, 0.15) is 0 Å². The van der Waals surface area contributed by atoms with E-state index in [0.717, 1.165) is 9.87 Å². The Balaban J connectivity index is 2.42. The van der Waals surface area contributed by atoms with Crippen LogP contribution in [0.5, 0.6) is 0 Å². The van der Waals surface area contributed by atoms with E-state index in [0.29, 0.717) is 6.42 Å². The van der Waals surface area contributed by atoms with E-state index >= 15 is 0 Å². The molecule has 0 radical (unpaired) electrons. The number of methoxy groups -OCH3 is 1. The van der Waals surface area contributed by atoms with Gasteiger partial charge in [-0.15, -0.1) is 0 Å². The molecule has 1 heterocycles. The molecule has 1 saturated heterocycles. The molecule has 0 saturated carbocycles. The van der Waals surface area contributed by atoms with Crippen molar-refractivity contribution in [3.8, 4) is 0 Å². The van der Waals surface area contributed by atoms with E-state index in [9.17, 15) is 13.2 Å². The van der Waals surface area contributed by atoms with Gasteiger partial charge in [-0.2, -0.15) is 0 Å². The van der Waals surface area contributed by atoms with Gasteiger partial charge in [-0.05, 0) is 31.4 Å². The normalized spacial score (nSPS) is 22.2. The van der Waals surface area contributed by atoms with E-state index in [-0.39, 0.29) is 10.8 Å². The fraction of sp³-hybridized carbons (Fsp3) is 0.533. The zero-order valence-electron chi connectivity index (χ0n) is 13.2. The van der Waals surface area contributed by atoms with Crippen LogP contribution < -0.4 is 5.32 Å². The summed E-state index contributed by atoms with van der Waals surface area (Å²) in [7, 11) is -2.44. The highest BCUT2D eigenvalue weighted by atomic mass is 32.2. The first-order chi connectivity index (χ1) is 10.3. The third-order valence-corrected chi connectivity index (χ3v) is 5.48. The molecule has 1 aliphatic heterocycles. The molecule has 1 aromatic rings. The summed E-state index contributed by atoms with van der Waals surface area (Å²) in [6, 6.07) is 5.27. The largest absolute Gasteiger partial charge is 0.359 e. The van der Waals surface area contributed by atoms with Gasteiger partial charge in [0.05, 0.1) is 10.9 Å². The summed E-state index contributed by atoms with van der Waals surface area (Å²) in [5, 5.41) is 2.58. The molecule has 1 aromatic carbocycles. The number of hydrogen-bond donors (Lipinski definition) is 1. The molecule has 0 spiro atoms. The minimum absolute atomic E-state index is 0.110.